The highest BCUT2D eigenvalue weighted by Gasteiger charge is 2.59. The van der Waals surface area contributed by atoms with Crippen molar-refractivity contribution in [1.82, 2.24) is 4.90 Å². The molecule has 0 aromatic heterocycles. The molecule has 146 valence electrons. The van der Waals surface area contributed by atoms with Crippen LogP contribution in [0.25, 0.3) is 0 Å². The average Bonchev–Trinajstić information content (AvgIpc) is 2.83. The van der Waals surface area contributed by atoms with Crippen LogP contribution >= 0.6 is 0 Å². The summed E-state index contributed by atoms with van der Waals surface area (Å²) in [5, 5.41) is 0. The Hall–Kier alpha value is -0.880. The Kier molecular flexibility index (Phi) is 4.13. The summed E-state index contributed by atoms with van der Waals surface area (Å²) in [5.74, 6) is 1.87. The first-order chi connectivity index (χ1) is 12.0. The molecule has 0 aromatic rings. The molecule has 26 heavy (non-hydrogen) atoms. The Balaban J connectivity index is 1.64. The van der Waals surface area contributed by atoms with Crippen molar-refractivity contribution >= 4 is 15.9 Å². The maximum absolute atomic E-state index is 12.0. The molecule has 0 aromatic carbocycles. The highest BCUT2D eigenvalue weighted by molar-refractivity contribution is 7.86. The molecule has 0 radical (unpaired) electrons. The molecular formula is C20H31NO4S. The SMILES string of the molecule is CN1C[C@@H]2[C@@H](CC[C@]3(C)CC(OS(C)(=O)=O)C[C@@H]23)[C@@]2(C)CCC(=O)C=C12. The van der Waals surface area contributed by atoms with Crippen LogP contribution in [0.3, 0.4) is 0 Å². The number of carbonyl (C=O) groups excluding carboxylic acids is 1. The lowest BCUT2D eigenvalue weighted by Gasteiger charge is -2.59. The molecule has 2 saturated carbocycles. The van der Waals surface area contributed by atoms with E-state index in [4.69, 9.17) is 4.18 Å². The molecule has 0 spiro atoms. The van der Waals surface area contributed by atoms with Crippen LogP contribution in [0.2, 0.25) is 0 Å². The highest BCUT2D eigenvalue weighted by Crippen LogP contribution is 2.64. The summed E-state index contributed by atoms with van der Waals surface area (Å²) < 4.78 is 28.7. The van der Waals surface area contributed by atoms with E-state index in [1.165, 1.54) is 12.1 Å². The van der Waals surface area contributed by atoms with Gasteiger partial charge in [0.1, 0.15) is 0 Å². The third-order valence-corrected chi connectivity index (χ3v) is 8.59. The molecule has 0 N–H and O–H groups in total. The van der Waals surface area contributed by atoms with Crippen molar-refractivity contribution in [2.45, 2.75) is 58.5 Å². The zero-order chi connectivity index (χ0) is 18.9. The second kappa shape index (κ2) is 5.81. The number of rotatable bonds is 2. The Bertz CT molecular complexity index is 760. The molecule has 0 amide bonds. The van der Waals surface area contributed by atoms with E-state index in [2.05, 4.69) is 25.8 Å². The largest absolute Gasteiger partial charge is 0.377 e. The monoisotopic (exact) mass is 381 g/mol. The first-order valence-electron chi connectivity index (χ1n) is 9.86. The number of nitrogens with zero attached hydrogens (tertiary/aromatic N) is 1. The van der Waals surface area contributed by atoms with Crippen LogP contribution in [0.1, 0.15) is 52.4 Å². The van der Waals surface area contributed by atoms with Gasteiger partial charge in [0.25, 0.3) is 10.1 Å². The highest BCUT2D eigenvalue weighted by atomic mass is 32.2. The van der Waals surface area contributed by atoms with Crippen LogP contribution in [-0.4, -0.2) is 45.1 Å². The van der Waals surface area contributed by atoms with Gasteiger partial charge in [0.15, 0.2) is 5.78 Å². The van der Waals surface area contributed by atoms with E-state index in [9.17, 15) is 13.2 Å². The summed E-state index contributed by atoms with van der Waals surface area (Å²) in [6.45, 7) is 5.64. The van der Waals surface area contributed by atoms with Gasteiger partial charge in [-0.25, -0.2) is 0 Å². The Morgan fingerprint density at radius 1 is 1.23 bits per heavy atom. The number of likely N-dealkylation sites (tertiary alicyclic amines) is 1. The van der Waals surface area contributed by atoms with E-state index >= 15 is 0 Å². The van der Waals surface area contributed by atoms with Crippen molar-refractivity contribution in [3.05, 3.63) is 11.8 Å². The summed E-state index contributed by atoms with van der Waals surface area (Å²) in [5.41, 5.74) is 1.46. The summed E-state index contributed by atoms with van der Waals surface area (Å²) in [6, 6.07) is 0. The minimum absolute atomic E-state index is 0.0721. The number of hydrogen-bond acceptors (Lipinski definition) is 5. The van der Waals surface area contributed by atoms with Gasteiger partial charge < -0.3 is 4.90 Å². The predicted molar refractivity (Wildman–Crippen MR) is 99.8 cm³/mol. The number of ketones is 1. The summed E-state index contributed by atoms with van der Waals surface area (Å²) >= 11 is 0. The summed E-state index contributed by atoms with van der Waals surface area (Å²) in [6.07, 6.45) is 8.43. The lowest BCUT2D eigenvalue weighted by molar-refractivity contribution is -0.118. The van der Waals surface area contributed by atoms with Gasteiger partial charge in [0.05, 0.1) is 12.4 Å². The van der Waals surface area contributed by atoms with Crippen molar-refractivity contribution in [2.24, 2.45) is 28.6 Å². The van der Waals surface area contributed by atoms with E-state index < -0.39 is 10.1 Å². The molecule has 0 bridgehead atoms. The number of carbonyl (C=O) groups is 1. The lowest BCUT2D eigenvalue weighted by atomic mass is 9.50. The van der Waals surface area contributed by atoms with Crippen molar-refractivity contribution < 1.29 is 17.4 Å². The second-order valence-corrected chi connectivity index (χ2v) is 11.3. The lowest BCUT2D eigenvalue weighted by Crippen LogP contribution is -2.56. The van der Waals surface area contributed by atoms with E-state index in [1.807, 2.05) is 6.08 Å². The topological polar surface area (TPSA) is 63.7 Å². The molecular weight excluding hydrogens is 350 g/mol. The van der Waals surface area contributed by atoms with Crippen molar-refractivity contribution in [3.63, 3.8) is 0 Å². The van der Waals surface area contributed by atoms with Gasteiger partial charge in [-0.05, 0) is 55.3 Å². The third kappa shape index (κ3) is 2.84. The van der Waals surface area contributed by atoms with E-state index in [-0.39, 0.29) is 22.7 Å². The minimum Gasteiger partial charge on any atom is -0.377 e. The third-order valence-electron chi connectivity index (χ3n) is 7.96. The van der Waals surface area contributed by atoms with Crippen LogP contribution < -0.4 is 0 Å². The zero-order valence-corrected chi connectivity index (χ0v) is 17.1. The Labute approximate surface area is 157 Å². The number of allylic oxidation sites excluding steroid dienone is 2. The van der Waals surface area contributed by atoms with Crippen molar-refractivity contribution in [2.75, 3.05) is 19.8 Å². The van der Waals surface area contributed by atoms with E-state index in [0.717, 1.165) is 38.5 Å². The molecule has 4 rings (SSSR count). The molecule has 6 atom stereocenters. The van der Waals surface area contributed by atoms with Gasteiger partial charge in [-0.3, -0.25) is 8.98 Å². The normalized spacial score (nSPS) is 45.6. The smallest absolute Gasteiger partial charge is 0.264 e. The van der Waals surface area contributed by atoms with Crippen LogP contribution in [0.15, 0.2) is 11.8 Å². The molecule has 3 aliphatic carbocycles. The van der Waals surface area contributed by atoms with Crippen LogP contribution in [0.5, 0.6) is 0 Å². The van der Waals surface area contributed by atoms with Crippen molar-refractivity contribution in [3.8, 4) is 0 Å². The summed E-state index contributed by atoms with van der Waals surface area (Å²) in [4.78, 5) is 14.3. The van der Waals surface area contributed by atoms with Gasteiger partial charge in [-0.15, -0.1) is 0 Å². The number of fused-ring (bicyclic) bond motifs is 5. The van der Waals surface area contributed by atoms with Crippen molar-refractivity contribution in [1.29, 1.82) is 0 Å². The van der Waals surface area contributed by atoms with E-state index in [0.29, 0.717) is 24.2 Å². The maximum atomic E-state index is 12.0. The molecule has 4 aliphatic rings. The predicted octanol–water partition coefficient (Wildman–Crippen LogP) is 2.97. The fourth-order valence-electron chi connectivity index (χ4n) is 6.88. The first kappa shape index (κ1) is 18.5. The molecule has 3 fully saturated rings. The average molecular weight is 382 g/mol. The Morgan fingerprint density at radius 2 is 1.96 bits per heavy atom. The minimum atomic E-state index is -3.41. The second-order valence-electron chi connectivity index (χ2n) is 9.73. The van der Waals surface area contributed by atoms with Gasteiger partial charge in [0, 0.05) is 37.2 Å². The fraction of sp³-hybridized carbons (Fsp3) is 0.850. The van der Waals surface area contributed by atoms with Gasteiger partial charge >= 0.3 is 0 Å². The van der Waals surface area contributed by atoms with Crippen LogP contribution in [0.4, 0.5) is 0 Å². The van der Waals surface area contributed by atoms with E-state index in [1.54, 1.807) is 0 Å². The fourth-order valence-corrected chi connectivity index (χ4v) is 7.52. The van der Waals surface area contributed by atoms with Crippen LogP contribution in [-0.2, 0) is 19.1 Å². The molecule has 1 saturated heterocycles. The van der Waals surface area contributed by atoms with Gasteiger partial charge in [0.2, 0.25) is 0 Å². The number of piperidine rings is 1. The maximum Gasteiger partial charge on any atom is 0.264 e. The molecule has 6 heteroatoms. The zero-order valence-electron chi connectivity index (χ0n) is 16.3. The molecule has 5 nitrogen and oxygen atoms in total. The standard InChI is InChI=1S/C20H31NO4S/c1-19-7-6-16-15(17(19)10-14(11-19)25-26(4,23)24)12-21(3)18-9-13(22)5-8-20(16,18)2/h9,14-17H,5-8,10-12H2,1-4H3/t14?,15-,16-,17+,19-,20-/m1/s1. The van der Waals surface area contributed by atoms with Crippen LogP contribution in [0, 0.1) is 28.6 Å². The van der Waals surface area contributed by atoms with Gasteiger partial charge in [-0.2, -0.15) is 8.42 Å². The summed E-state index contributed by atoms with van der Waals surface area (Å²) in [7, 11) is -1.30. The molecule has 1 aliphatic heterocycles. The molecule has 1 heterocycles. The number of hydrogen-bond donors (Lipinski definition) is 0. The Morgan fingerprint density at radius 3 is 2.65 bits per heavy atom. The first-order valence-corrected chi connectivity index (χ1v) is 11.7. The van der Waals surface area contributed by atoms with Gasteiger partial charge in [-0.1, -0.05) is 13.8 Å². The molecule has 1 unspecified atom stereocenters. The quantitative estimate of drug-likeness (QED) is 0.688.